The maximum Gasteiger partial charge on any atom is 0.336 e. The normalized spacial score (nSPS) is 11.9. The smallest absolute Gasteiger partial charge is 0.336 e. The second-order valence-corrected chi connectivity index (χ2v) is 7.89. The summed E-state index contributed by atoms with van der Waals surface area (Å²) < 4.78 is 1.23. The number of fused-ring (bicyclic) bond motifs is 3. The molecule has 4 rings (SSSR count). The van der Waals surface area contributed by atoms with Crippen molar-refractivity contribution < 1.29 is 19.5 Å². The molecule has 0 saturated heterocycles. The number of aromatic carboxylic acids is 1. The molecular formula is C21H10Br2O4. The van der Waals surface area contributed by atoms with Crippen LogP contribution in [-0.2, 0) is 0 Å². The van der Waals surface area contributed by atoms with Crippen molar-refractivity contribution in [3.8, 4) is 22.3 Å². The second kappa shape index (κ2) is 6.55. The molecule has 3 aromatic rings. The molecule has 0 aliphatic heterocycles. The van der Waals surface area contributed by atoms with Crippen molar-refractivity contribution in [2.75, 3.05) is 0 Å². The van der Waals surface area contributed by atoms with Crippen LogP contribution >= 0.6 is 31.9 Å². The molecule has 6 heteroatoms. The standard InChI is InChI=1S/C21H10Br2O4/c22-12-2-4-14-13-3-1-10(5-16(13)20(25)17(14)7-12)15-6-11(9-24)19(23)8-18(15)21(26)27/h1-9H,(H,26,27). The number of carboxylic acids is 1. The highest BCUT2D eigenvalue weighted by atomic mass is 79.9. The van der Waals surface area contributed by atoms with E-state index >= 15 is 0 Å². The van der Waals surface area contributed by atoms with Crippen LogP contribution in [0.4, 0.5) is 0 Å². The van der Waals surface area contributed by atoms with E-state index in [2.05, 4.69) is 31.9 Å². The van der Waals surface area contributed by atoms with Gasteiger partial charge in [-0.05, 0) is 52.6 Å². The number of halogens is 2. The summed E-state index contributed by atoms with van der Waals surface area (Å²) in [5.41, 5.74) is 4.16. The molecule has 0 fully saturated rings. The molecule has 0 unspecified atom stereocenters. The Kier molecular flexibility index (Phi) is 4.32. The highest BCUT2D eigenvalue weighted by Crippen LogP contribution is 2.40. The largest absolute Gasteiger partial charge is 0.478 e. The minimum absolute atomic E-state index is 0.0538. The molecule has 0 saturated carbocycles. The van der Waals surface area contributed by atoms with Gasteiger partial charge in [-0.3, -0.25) is 9.59 Å². The van der Waals surface area contributed by atoms with E-state index in [-0.39, 0.29) is 11.3 Å². The van der Waals surface area contributed by atoms with Crippen molar-refractivity contribution in [1.82, 2.24) is 0 Å². The number of aldehydes is 1. The van der Waals surface area contributed by atoms with E-state index in [1.807, 2.05) is 18.2 Å². The van der Waals surface area contributed by atoms with Crippen LogP contribution in [0.5, 0.6) is 0 Å². The van der Waals surface area contributed by atoms with Crippen LogP contribution in [0.1, 0.15) is 36.6 Å². The monoisotopic (exact) mass is 484 g/mol. The summed E-state index contributed by atoms with van der Waals surface area (Å²) in [4.78, 5) is 35.8. The van der Waals surface area contributed by atoms with Crippen LogP contribution in [0.25, 0.3) is 22.3 Å². The molecule has 0 heterocycles. The molecule has 0 amide bonds. The van der Waals surface area contributed by atoms with Crippen molar-refractivity contribution in [1.29, 1.82) is 0 Å². The van der Waals surface area contributed by atoms with E-state index in [1.54, 1.807) is 18.2 Å². The Hall–Kier alpha value is -2.57. The summed E-state index contributed by atoms with van der Waals surface area (Å²) in [6.45, 7) is 0. The molecule has 0 atom stereocenters. The predicted octanol–water partition coefficient (Wildman–Crippen LogP) is 5.60. The van der Waals surface area contributed by atoms with Gasteiger partial charge in [0, 0.05) is 25.6 Å². The number of carbonyl (C=O) groups is 3. The lowest BCUT2D eigenvalue weighted by Gasteiger charge is -2.10. The van der Waals surface area contributed by atoms with E-state index in [0.29, 0.717) is 38.6 Å². The summed E-state index contributed by atoms with van der Waals surface area (Å²) in [6, 6.07) is 13.7. The maximum atomic E-state index is 12.8. The first kappa shape index (κ1) is 17.8. The van der Waals surface area contributed by atoms with Gasteiger partial charge in [-0.25, -0.2) is 4.79 Å². The Bertz CT molecular complexity index is 1170. The van der Waals surface area contributed by atoms with Gasteiger partial charge in [0.05, 0.1) is 5.56 Å². The summed E-state index contributed by atoms with van der Waals surface area (Å²) in [7, 11) is 0. The van der Waals surface area contributed by atoms with Gasteiger partial charge in [0.2, 0.25) is 0 Å². The molecule has 1 aliphatic rings. The van der Waals surface area contributed by atoms with Gasteiger partial charge in [0.15, 0.2) is 12.1 Å². The Morgan fingerprint density at radius 3 is 2.19 bits per heavy atom. The third kappa shape index (κ3) is 2.85. The van der Waals surface area contributed by atoms with Crippen LogP contribution < -0.4 is 0 Å². The van der Waals surface area contributed by atoms with Crippen molar-refractivity contribution in [2.24, 2.45) is 0 Å². The molecule has 0 aromatic heterocycles. The van der Waals surface area contributed by atoms with Crippen LogP contribution in [0.3, 0.4) is 0 Å². The average molecular weight is 486 g/mol. The van der Waals surface area contributed by atoms with Gasteiger partial charge in [-0.15, -0.1) is 0 Å². The second-order valence-electron chi connectivity index (χ2n) is 6.12. The zero-order chi connectivity index (χ0) is 19.3. The number of carboxylic acid groups (broad SMARTS) is 1. The van der Waals surface area contributed by atoms with Crippen LogP contribution in [0, 0.1) is 0 Å². The number of rotatable bonds is 3. The van der Waals surface area contributed by atoms with E-state index in [1.165, 1.54) is 12.1 Å². The topological polar surface area (TPSA) is 71.4 Å². The summed E-state index contributed by atoms with van der Waals surface area (Å²) in [5, 5.41) is 9.55. The predicted molar refractivity (Wildman–Crippen MR) is 108 cm³/mol. The minimum atomic E-state index is -1.11. The Balaban J connectivity index is 1.92. The van der Waals surface area contributed by atoms with Gasteiger partial charge in [0.25, 0.3) is 0 Å². The molecular weight excluding hydrogens is 476 g/mol. The van der Waals surface area contributed by atoms with E-state index < -0.39 is 5.97 Å². The van der Waals surface area contributed by atoms with Crippen molar-refractivity contribution in [2.45, 2.75) is 0 Å². The first-order chi connectivity index (χ1) is 12.9. The molecule has 3 aromatic carbocycles. The first-order valence-corrected chi connectivity index (χ1v) is 9.50. The fraction of sp³-hybridized carbons (Fsp3) is 0. The fourth-order valence-electron chi connectivity index (χ4n) is 3.31. The summed E-state index contributed by atoms with van der Waals surface area (Å²) in [5.74, 6) is -1.21. The van der Waals surface area contributed by atoms with E-state index in [4.69, 9.17) is 0 Å². The highest BCUT2D eigenvalue weighted by Gasteiger charge is 2.27. The number of hydrogen-bond acceptors (Lipinski definition) is 3. The molecule has 1 aliphatic carbocycles. The fourth-order valence-corrected chi connectivity index (χ4v) is 4.11. The number of hydrogen-bond donors (Lipinski definition) is 1. The lowest BCUT2D eigenvalue weighted by Crippen LogP contribution is -2.02. The van der Waals surface area contributed by atoms with Crippen molar-refractivity contribution in [3.63, 3.8) is 0 Å². The number of carbonyl (C=O) groups excluding carboxylic acids is 2. The van der Waals surface area contributed by atoms with Crippen LogP contribution in [0.15, 0.2) is 57.5 Å². The molecule has 0 spiro atoms. The summed E-state index contributed by atoms with van der Waals surface area (Å²) in [6.07, 6.45) is 0.658. The van der Waals surface area contributed by atoms with Crippen molar-refractivity contribution >= 4 is 49.9 Å². The third-order valence-corrected chi connectivity index (χ3v) is 5.77. The third-order valence-electron chi connectivity index (χ3n) is 4.59. The molecule has 1 N–H and O–H groups in total. The molecule has 27 heavy (non-hydrogen) atoms. The van der Waals surface area contributed by atoms with Crippen molar-refractivity contribution in [3.05, 3.63) is 79.7 Å². The van der Waals surface area contributed by atoms with Gasteiger partial charge >= 0.3 is 5.97 Å². The van der Waals surface area contributed by atoms with Crippen LogP contribution in [-0.4, -0.2) is 23.1 Å². The minimum Gasteiger partial charge on any atom is -0.478 e. The highest BCUT2D eigenvalue weighted by molar-refractivity contribution is 9.10. The molecule has 4 nitrogen and oxygen atoms in total. The lowest BCUT2D eigenvalue weighted by molar-refractivity contribution is 0.0697. The Morgan fingerprint density at radius 2 is 1.52 bits per heavy atom. The first-order valence-electron chi connectivity index (χ1n) is 7.91. The molecule has 0 radical (unpaired) electrons. The van der Waals surface area contributed by atoms with E-state index in [9.17, 15) is 19.5 Å². The number of ketones is 1. The number of benzene rings is 3. The SMILES string of the molecule is O=Cc1cc(-c2ccc3c(c2)C(=O)c2cc(Br)ccc2-3)c(C(=O)O)cc1Br. The Labute approximate surface area is 171 Å². The van der Waals surface area contributed by atoms with E-state index in [0.717, 1.165) is 15.6 Å². The zero-order valence-corrected chi connectivity index (χ0v) is 16.8. The quantitative estimate of drug-likeness (QED) is 0.383. The van der Waals surface area contributed by atoms with Gasteiger partial charge < -0.3 is 5.11 Å². The van der Waals surface area contributed by atoms with Gasteiger partial charge in [-0.2, -0.15) is 0 Å². The molecule has 0 bridgehead atoms. The Morgan fingerprint density at radius 1 is 0.852 bits per heavy atom. The van der Waals surface area contributed by atoms with Crippen LogP contribution in [0.2, 0.25) is 0 Å². The van der Waals surface area contributed by atoms with Gasteiger partial charge in [-0.1, -0.05) is 50.1 Å². The zero-order valence-electron chi connectivity index (χ0n) is 13.6. The summed E-state index contributed by atoms with van der Waals surface area (Å²) >= 11 is 6.60. The lowest BCUT2D eigenvalue weighted by atomic mass is 9.94. The average Bonchev–Trinajstić information content (AvgIpc) is 2.93. The maximum absolute atomic E-state index is 12.8. The molecule has 132 valence electrons. The van der Waals surface area contributed by atoms with Gasteiger partial charge in [0.1, 0.15) is 0 Å².